The van der Waals surface area contributed by atoms with Crippen LogP contribution in [0.5, 0.6) is 0 Å². The molecular formula is C38H38FN3O7. The molecule has 11 heteroatoms. The van der Waals surface area contributed by atoms with Crippen LogP contribution in [0.2, 0.25) is 0 Å². The van der Waals surface area contributed by atoms with Gasteiger partial charge in [-0.05, 0) is 67.9 Å². The summed E-state index contributed by atoms with van der Waals surface area (Å²) in [5.74, 6) is -1.89. The fourth-order valence-corrected chi connectivity index (χ4v) is 5.24. The van der Waals surface area contributed by atoms with Crippen LogP contribution in [0, 0.1) is 5.82 Å². The summed E-state index contributed by atoms with van der Waals surface area (Å²) in [5, 5.41) is 3.27. The van der Waals surface area contributed by atoms with E-state index in [4.69, 9.17) is 23.9 Å². The molecule has 49 heavy (non-hydrogen) atoms. The molecule has 0 aliphatic carbocycles. The van der Waals surface area contributed by atoms with E-state index in [-0.39, 0.29) is 30.1 Å². The highest BCUT2D eigenvalue weighted by Crippen LogP contribution is 2.29. The molecular weight excluding hydrogens is 629 g/mol. The Balaban J connectivity index is 1.48. The van der Waals surface area contributed by atoms with Crippen molar-refractivity contribution in [3.8, 4) is 0 Å². The monoisotopic (exact) mass is 667 g/mol. The van der Waals surface area contributed by atoms with E-state index in [9.17, 15) is 18.8 Å². The van der Waals surface area contributed by atoms with E-state index in [1.807, 2.05) is 18.7 Å². The molecule has 1 saturated heterocycles. The largest absolute Gasteiger partial charge is 0.459 e. The lowest BCUT2D eigenvalue weighted by Gasteiger charge is -2.29. The highest BCUT2D eigenvalue weighted by Gasteiger charge is 2.51. The van der Waals surface area contributed by atoms with Gasteiger partial charge in [-0.3, -0.25) is 0 Å². The molecule has 1 N–H and O–H groups in total. The number of hydrogen-bond acceptors (Lipinski definition) is 8. The molecule has 0 aromatic heterocycles. The first kappa shape index (κ1) is 34.8. The number of halogens is 1. The first-order chi connectivity index (χ1) is 23.9. The number of esters is 3. The van der Waals surface area contributed by atoms with Crippen LogP contribution in [0.25, 0.3) is 0 Å². The number of nitrogens with one attached hydrogen (secondary N) is 1. The summed E-state index contributed by atoms with van der Waals surface area (Å²) in [7, 11) is 0. The minimum absolute atomic E-state index is 0.213. The van der Waals surface area contributed by atoms with E-state index in [0.29, 0.717) is 24.6 Å². The van der Waals surface area contributed by atoms with Crippen LogP contribution in [0.1, 0.15) is 50.5 Å². The summed E-state index contributed by atoms with van der Waals surface area (Å²) >= 11 is 0. The molecule has 0 bridgehead atoms. The van der Waals surface area contributed by atoms with Crippen LogP contribution in [0.4, 0.5) is 4.39 Å². The number of aliphatic imine (C=N–C) groups is 1. The van der Waals surface area contributed by atoms with Crippen molar-refractivity contribution in [3.63, 3.8) is 0 Å². The van der Waals surface area contributed by atoms with E-state index in [2.05, 4.69) is 5.32 Å². The Bertz CT molecular complexity index is 1700. The van der Waals surface area contributed by atoms with Crippen molar-refractivity contribution in [3.05, 3.63) is 143 Å². The third kappa shape index (κ3) is 9.29. The lowest BCUT2D eigenvalue weighted by Crippen LogP contribution is -2.52. The van der Waals surface area contributed by atoms with Crippen molar-refractivity contribution >= 4 is 23.9 Å². The molecule has 1 aliphatic heterocycles. The molecule has 1 aliphatic rings. The number of ether oxygens (including phenoxy) is 4. The number of benzene rings is 4. The Kier molecular flexibility index (Phi) is 12.1. The first-order valence-corrected chi connectivity index (χ1v) is 16.1. The summed E-state index contributed by atoms with van der Waals surface area (Å²) in [4.78, 5) is 46.5. The lowest BCUT2D eigenvalue weighted by molar-refractivity contribution is -0.0458. The van der Waals surface area contributed by atoms with Gasteiger partial charge in [0.15, 0.2) is 24.4 Å². The summed E-state index contributed by atoms with van der Waals surface area (Å²) in [6, 6.07) is 31.2. The molecule has 0 amide bonds. The van der Waals surface area contributed by atoms with Crippen LogP contribution in [-0.2, 0) is 25.5 Å². The number of guanidine groups is 1. The van der Waals surface area contributed by atoms with Crippen molar-refractivity contribution in [2.24, 2.45) is 4.99 Å². The molecule has 0 radical (unpaired) electrons. The summed E-state index contributed by atoms with van der Waals surface area (Å²) in [6.07, 6.45) is -4.53. The maximum absolute atomic E-state index is 13.6. The molecule has 4 aromatic rings. The first-order valence-electron chi connectivity index (χ1n) is 16.1. The van der Waals surface area contributed by atoms with Crippen molar-refractivity contribution in [2.45, 2.75) is 44.9 Å². The van der Waals surface area contributed by atoms with Crippen molar-refractivity contribution in [2.75, 3.05) is 19.7 Å². The second-order valence-electron chi connectivity index (χ2n) is 11.1. The maximum Gasteiger partial charge on any atom is 0.338 e. The van der Waals surface area contributed by atoms with E-state index < -0.39 is 42.4 Å². The average molecular weight is 668 g/mol. The van der Waals surface area contributed by atoms with E-state index in [1.165, 1.54) is 12.1 Å². The van der Waals surface area contributed by atoms with Gasteiger partial charge in [-0.15, -0.1) is 0 Å². The summed E-state index contributed by atoms with van der Waals surface area (Å²) < 4.78 is 37.6. The van der Waals surface area contributed by atoms with Crippen molar-refractivity contribution in [1.29, 1.82) is 0 Å². The molecule has 0 saturated carbocycles. The zero-order valence-electron chi connectivity index (χ0n) is 27.2. The highest BCUT2D eigenvalue weighted by molar-refractivity contribution is 5.91. The predicted octanol–water partition coefficient (Wildman–Crippen LogP) is 5.65. The number of hydrogen-bond donors (Lipinski definition) is 1. The number of carbonyl (C=O) groups is 3. The Morgan fingerprint density at radius 1 is 0.714 bits per heavy atom. The molecule has 0 unspecified atom stereocenters. The molecule has 4 atom stereocenters. The Labute approximate surface area is 284 Å². The van der Waals surface area contributed by atoms with Gasteiger partial charge in [0.1, 0.15) is 18.5 Å². The fraction of sp³-hybridized carbons (Fsp3) is 0.263. The van der Waals surface area contributed by atoms with Gasteiger partial charge in [-0.1, -0.05) is 66.7 Å². The van der Waals surface area contributed by atoms with Crippen LogP contribution >= 0.6 is 0 Å². The summed E-state index contributed by atoms with van der Waals surface area (Å²) in [6.45, 7) is 4.94. The summed E-state index contributed by atoms with van der Waals surface area (Å²) in [5.41, 5.74) is 1.66. The smallest absolute Gasteiger partial charge is 0.338 e. The fourth-order valence-electron chi connectivity index (χ4n) is 5.24. The topological polar surface area (TPSA) is 116 Å². The molecule has 0 spiro atoms. The molecule has 1 heterocycles. The van der Waals surface area contributed by atoms with Crippen LogP contribution in [0.15, 0.2) is 120 Å². The van der Waals surface area contributed by atoms with Gasteiger partial charge in [0.25, 0.3) is 0 Å². The van der Waals surface area contributed by atoms with E-state index in [0.717, 1.165) is 5.56 Å². The lowest BCUT2D eigenvalue weighted by atomic mass is 10.1. The van der Waals surface area contributed by atoms with Crippen molar-refractivity contribution in [1.82, 2.24) is 10.2 Å². The Morgan fingerprint density at radius 3 is 1.71 bits per heavy atom. The van der Waals surface area contributed by atoms with Crippen molar-refractivity contribution < 1.29 is 37.7 Å². The van der Waals surface area contributed by atoms with Gasteiger partial charge in [-0.2, -0.15) is 0 Å². The molecule has 5 rings (SSSR count). The SMILES string of the molecule is CCN(CC)C(=NCc1ccc(F)cc1)N[C@@H]1O[C@H](COC(=O)c2ccccc2)[C@@H](OC(=O)c2ccccc2)[C@H]1OC(=O)c1ccccc1. The van der Waals surface area contributed by atoms with Gasteiger partial charge >= 0.3 is 17.9 Å². The van der Waals surface area contributed by atoms with Gasteiger partial charge in [0.2, 0.25) is 0 Å². The van der Waals surface area contributed by atoms with E-state index >= 15 is 0 Å². The minimum atomic E-state index is -1.20. The normalized spacial score (nSPS) is 18.7. The average Bonchev–Trinajstić information content (AvgIpc) is 3.45. The Morgan fingerprint density at radius 2 is 1.20 bits per heavy atom. The molecule has 10 nitrogen and oxygen atoms in total. The van der Waals surface area contributed by atoms with Crippen LogP contribution in [0.3, 0.4) is 0 Å². The Hall–Kier alpha value is -5.55. The number of rotatable bonds is 12. The van der Waals surface area contributed by atoms with Crippen LogP contribution in [-0.4, -0.2) is 73.0 Å². The van der Waals surface area contributed by atoms with Gasteiger partial charge < -0.3 is 29.2 Å². The zero-order valence-corrected chi connectivity index (χ0v) is 27.2. The predicted molar refractivity (Wildman–Crippen MR) is 180 cm³/mol. The molecule has 1 fully saturated rings. The van der Waals surface area contributed by atoms with Gasteiger partial charge in [-0.25, -0.2) is 23.8 Å². The van der Waals surface area contributed by atoms with Gasteiger partial charge in [0.05, 0.1) is 23.2 Å². The molecule has 4 aromatic carbocycles. The number of nitrogens with zero attached hydrogens (tertiary/aromatic N) is 2. The second kappa shape index (κ2) is 17.0. The maximum atomic E-state index is 13.6. The zero-order chi connectivity index (χ0) is 34.6. The van der Waals surface area contributed by atoms with E-state index in [1.54, 1.807) is 103 Å². The van der Waals surface area contributed by atoms with Crippen LogP contribution < -0.4 is 5.32 Å². The quantitative estimate of drug-likeness (QED) is 0.0887. The second-order valence-corrected chi connectivity index (χ2v) is 11.1. The van der Waals surface area contributed by atoms with Gasteiger partial charge in [0, 0.05) is 13.1 Å². The third-order valence-corrected chi connectivity index (χ3v) is 7.86. The number of carbonyl (C=O) groups excluding carboxylic acids is 3. The third-order valence-electron chi connectivity index (χ3n) is 7.86. The minimum Gasteiger partial charge on any atom is -0.459 e. The molecule has 254 valence electrons. The highest BCUT2D eigenvalue weighted by atomic mass is 19.1. The standard InChI is InChI=1S/C38H38FN3O7/c1-3-42(4-2)38(40-24-26-20-22-30(39)23-21-26)41-34-33(49-37(45)29-18-12-7-13-19-29)32(48-36(44)28-16-10-6-11-17-28)31(47-34)25-46-35(43)27-14-8-5-9-15-27/h5-23,31-34H,3-4,24-25H2,1-2H3,(H,40,41)/t31-,32-,33-,34-/m1/s1.